The van der Waals surface area contributed by atoms with Gasteiger partial charge in [-0.15, -0.1) is 0 Å². The zero-order valence-electron chi connectivity index (χ0n) is 23.1. The van der Waals surface area contributed by atoms with E-state index in [-0.39, 0.29) is 11.5 Å². The van der Waals surface area contributed by atoms with Crippen molar-refractivity contribution in [1.29, 1.82) is 0 Å². The summed E-state index contributed by atoms with van der Waals surface area (Å²) in [6.07, 6.45) is 4.38. The molecular formula is C40H30O2. The fourth-order valence-corrected chi connectivity index (χ4v) is 5.06. The summed E-state index contributed by atoms with van der Waals surface area (Å²) < 4.78 is 0. The maximum atomic E-state index is 9.78. The average Bonchev–Trinajstić information content (AvgIpc) is 3.05. The van der Waals surface area contributed by atoms with Gasteiger partial charge >= 0.3 is 0 Å². The molecule has 0 amide bonds. The van der Waals surface area contributed by atoms with Crippen LogP contribution in [-0.4, -0.2) is 10.2 Å². The minimum Gasteiger partial charge on any atom is -0.508 e. The number of phenolic OH excluding ortho intramolecular Hbond substituents is 2. The van der Waals surface area contributed by atoms with Crippen LogP contribution in [-0.2, 0) is 0 Å². The van der Waals surface area contributed by atoms with Gasteiger partial charge in [-0.25, -0.2) is 0 Å². The summed E-state index contributed by atoms with van der Waals surface area (Å²) >= 11 is 0. The molecule has 0 aliphatic heterocycles. The molecule has 2 heteroatoms. The molecule has 0 saturated heterocycles. The molecule has 0 bridgehead atoms. The van der Waals surface area contributed by atoms with Crippen molar-refractivity contribution >= 4 is 23.3 Å². The molecule has 42 heavy (non-hydrogen) atoms. The number of rotatable bonds is 7. The Morgan fingerprint density at radius 2 is 0.643 bits per heavy atom. The highest BCUT2D eigenvalue weighted by Gasteiger charge is 2.08. The zero-order valence-corrected chi connectivity index (χ0v) is 23.1. The molecule has 0 aliphatic rings. The van der Waals surface area contributed by atoms with Gasteiger partial charge < -0.3 is 10.2 Å². The maximum absolute atomic E-state index is 9.78. The Hall–Kier alpha value is -5.60. The fraction of sp³-hybridized carbons (Fsp3) is 0. The minimum atomic E-state index is 0.258. The lowest BCUT2D eigenvalue weighted by Crippen LogP contribution is -1.89. The lowest BCUT2D eigenvalue weighted by molar-refractivity contribution is 0.474. The predicted octanol–water partition coefficient (Wildman–Crippen LogP) is 9.94. The first-order valence-electron chi connectivity index (χ1n) is 14.0. The third-order valence-corrected chi connectivity index (χ3v) is 7.30. The molecule has 202 valence electrons. The minimum absolute atomic E-state index is 0.258. The summed E-state index contributed by atoms with van der Waals surface area (Å²) in [6, 6.07) is 52.5. The Kier molecular flexibility index (Phi) is 7.78. The molecule has 6 aromatic carbocycles. The Morgan fingerprint density at radius 3 is 0.976 bits per heavy atom. The summed E-state index contributed by atoms with van der Waals surface area (Å²) in [5.41, 5.74) is 11.0. The molecule has 0 aliphatic carbocycles. The van der Waals surface area contributed by atoms with Crippen molar-refractivity contribution in [3.05, 3.63) is 191 Å². The number of hydrogen-bond acceptors (Lipinski definition) is 2. The molecule has 0 heterocycles. The highest BCUT2D eigenvalue weighted by molar-refractivity contribution is 5.93. The lowest BCUT2D eigenvalue weighted by Gasteiger charge is -2.11. The van der Waals surface area contributed by atoms with E-state index in [1.807, 2.05) is 60.7 Å². The molecule has 0 fully saturated rings. The number of hydrogen-bond donors (Lipinski definition) is 2. The molecule has 0 aromatic heterocycles. The topological polar surface area (TPSA) is 40.5 Å². The van der Waals surface area contributed by atoms with E-state index in [0.717, 1.165) is 55.7 Å². The van der Waals surface area contributed by atoms with Crippen molar-refractivity contribution in [3.63, 3.8) is 0 Å². The van der Waals surface area contributed by atoms with Crippen LogP contribution in [0.3, 0.4) is 0 Å². The average molecular weight is 543 g/mol. The van der Waals surface area contributed by atoms with Gasteiger partial charge in [0.05, 0.1) is 0 Å². The van der Waals surface area contributed by atoms with Crippen LogP contribution in [0, 0.1) is 0 Å². The molecule has 2 nitrogen and oxygen atoms in total. The van der Waals surface area contributed by atoms with Crippen LogP contribution in [0.1, 0.15) is 33.4 Å². The van der Waals surface area contributed by atoms with Crippen LogP contribution in [0.2, 0.25) is 0 Å². The van der Waals surface area contributed by atoms with Gasteiger partial charge in [0, 0.05) is 0 Å². The van der Waals surface area contributed by atoms with Crippen molar-refractivity contribution in [3.8, 4) is 22.6 Å². The Morgan fingerprint density at radius 1 is 0.333 bits per heavy atom. The fourth-order valence-electron chi connectivity index (χ4n) is 5.06. The molecule has 0 atom stereocenters. The molecule has 0 spiro atoms. The van der Waals surface area contributed by atoms with Gasteiger partial charge in [-0.1, -0.05) is 133 Å². The van der Waals surface area contributed by atoms with Gasteiger partial charge in [-0.3, -0.25) is 0 Å². The molecule has 6 aromatic rings. The number of phenols is 2. The lowest BCUT2D eigenvalue weighted by atomic mass is 9.94. The van der Waals surface area contributed by atoms with Crippen molar-refractivity contribution in [1.82, 2.24) is 0 Å². The number of aromatic hydroxyl groups is 2. The Balaban J connectivity index is 1.28. The second-order valence-electron chi connectivity index (χ2n) is 10.2. The first-order valence-corrected chi connectivity index (χ1v) is 14.0. The van der Waals surface area contributed by atoms with Gasteiger partial charge in [-0.2, -0.15) is 0 Å². The second-order valence-corrected chi connectivity index (χ2v) is 10.2. The van der Waals surface area contributed by atoms with Gasteiger partial charge in [0.1, 0.15) is 11.5 Å². The third-order valence-electron chi connectivity index (χ3n) is 7.30. The summed E-state index contributed by atoms with van der Waals surface area (Å²) in [5, 5.41) is 19.6. The number of benzene rings is 6. The van der Waals surface area contributed by atoms with Gasteiger partial charge in [-0.05, 0) is 92.1 Å². The van der Waals surface area contributed by atoms with E-state index in [9.17, 15) is 10.2 Å². The van der Waals surface area contributed by atoms with Crippen molar-refractivity contribution in [2.75, 3.05) is 0 Å². The van der Waals surface area contributed by atoms with E-state index in [4.69, 9.17) is 0 Å². The SMILES string of the molecule is Oc1ccc(C(=Cc2ccc(-c3ccc(C=C(c4ccccc4)c4ccc(O)cc4)cc3)cc2)c2ccccc2)cc1. The van der Waals surface area contributed by atoms with Crippen molar-refractivity contribution in [2.24, 2.45) is 0 Å². The molecule has 0 saturated carbocycles. The first kappa shape index (κ1) is 26.6. The van der Waals surface area contributed by atoms with Gasteiger partial charge in [0.2, 0.25) is 0 Å². The molecule has 2 N–H and O–H groups in total. The molecule has 0 unspecified atom stereocenters. The Bertz CT molecular complexity index is 1670. The largest absolute Gasteiger partial charge is 0.508 e. The molecule has 6 rings (SSSR count). The van der Waals surface area contributed by atoms with Crippen LogP contribution in [0.25, 0.3) is 34.4 Å². The second kappa shape index (κ2) is 12.3. The molecule has 0 radical (unpaired) electrons. The van der Waals surface area contributed by atoms with Crippen LogP contribution in [0.5, 0.6) is 11.5 Å². The van der Waals surface area contributed by atoms with Crippen LogP contribution in [0.15, 0.2) is 158 Å². The first-order chi connectivity index (χ1) is 20.6. The van der Waals surface area contributed by atoms with E-state index in [2.05, 4.69) is 84.9 Å². The van der Waals surface area contributed by atoms with Crippen LogP contribution >= 0.6 is 0 Å². The van der Waals surface area contributed by atoms with Gasteiger partial charge in [0.15, 0.2) is 0 Å². The van der Waals surface area contributed by atoms with Gasteiger partial charge in [0.25, 0.3) is 0 Å². The Labute approximate surface area is 246 Å². The van der Waals surface area contributed by atoms with E-state index in [1.54, 1.807) is 24.3 Å². The van der Waals surface area contributed by atoms with Crippen molar-refractivity contribution in [2.45, 2.75) is 0 Å². The zero-order chi connectivity index (χ0) is 28.7. The van der Waals surface area contributed by atoms with Crippen LogP contribution < -0.4 is 0 Å². The summed E-state index contributed by atoms with van der Waals surface area (Å²) in [4.78, 5) is 0. The summed E-state index contributed by atoms with van der Waals surface area (Å²) in [5.74, 6) is 0.516. The smallest absolute Gasteiger partial charge is 0.115 e. The summed E-state index contributed by atoms with van der Waals surface area (Å²) in [6.45, 7) is 0. The quantitative estimate of drug-likeness (QED) is 0.197. The van der Waals surface area contributed by atoms with Crippen molar-refractivity contribution < 1.29 is 10.2 Å². The normalized spacial score (nSPS) is 11.8. The van der Waals surface area contributed by atoms with Crippen LogP contribution in [0.4, 0.5) is 0 Å². The molecular weight excluding hydrogens is 512 g/mol. The third kappa shape index (κ3) is 6.24. The van der Waals surface area contributed by atoms with E-state index >= 15 is 0 Å². The maximum Gasteiger partial charge on any atom is 0.115 e. The van der Waals surface area contributed by atoms with E-state index in [0.29, 0.717) is 0 Å². The monoisotopic (exact) mass is 542 g/mol. The van der Waals surface area contributed by atoms with E-state index < -0.39 is 0 Å². The predicted molar refractivity (Wildman–Crippen MR) is 175 cm³/mol. The highest BCUT2D eigenvalue weighted by atomic mass is 16.3. The standard InChI is InChI=1S/C40H30O2/c41-37-23-19-35(20-24-37)39(33-7-3-1-4-8-33)27-29-11-15-31(16-12-29)32-17-13-30(14-18-32)28-40(34-9-5-2-6-10-34)36-21-25-38(42)26-22-36/h1-28,41-42H. The highest BCUT2D eigenvalue weighted by Crippen LogP contribution is 2.30. The van der Waals surface area contributed by atoms with E-state index in [1.165, 1.54) is 0 Å². The summed E-state index contributed by atoms with van der Waals surface area (Å²) in [7, 11) is 0.